The first-order valence-electron chi connectivity index (χ1n) is 14.0. The summed E-state index contributed by atoms with van der Waals surface area (Å²) in [6.07, 6.45) is 1.89. The Morgan fingerprint density at radius 2 is 1.38 bits per heavy atom. The standard InChI is InChI=1S/C26H51NO10/c1-2-3-4-5-6-7-8-9-10-11-12-13-15-27-25(35)23(33)20(30)18(29)14-16-36-26-24(34)22(32)21(31)19(17-28)37-26/h18-24,26,28-34H,2-17H2,1H3,(H,27,35). The maximum Gasteiger partial charge on any atom is 0.251 e. The highest BCUT2D eigenvalue weighted by molar-refractivity contribution is 5.81. The fourth-order valence-electron chi connectivity index (χ4n) is 4.33. The average molecular weight is 538 g/mol. The quantitative estimate of drug-likeness (QED) is 0.0932. The normalized spacial score (nSPS) is 26.5. The molecule has 1 fully saturated rings. The number of hydrogen-bond donors (Lipinski definition) is 8. The maximum absolute atomic E-state index is 12.1. The molecule has 1 rings (SSSR count). The van der Waals surface area contributed by atoms with Crippen molar-refractivity contribution in [3.8, 4) is 0 Å². The number of carbonyl (C=O) groups excluding carboxylic acids is 1. The topological polar surface area (TPSA) is 189 Å². The Morgan fingerprint density at radius 1 is 0.838 bits per heavy atom. The maximum atomic E-state index is 12.1. The van der Waals surface area contributed by atoms with Crippen LogP contribution >= 0.6 is 0 Å². The predicted molar refractivity (Wildman–Crippen MR) is 136 cm³/mol. The molecule has 1 amide bonds. The van der Waals surface area contributed by atoms with E-state index in [0.717, 1.165) is 19.3 Å². The molecule has 220 valence electrons. The van der Waals surface area contributed by atoms with Gasteiger partial charge in [-0.1, -0.05) is 77.6 Å². The van der Waals surface area contributed by atoms with E-state index in [1.54, 1.807) is 0 Å². The van der Waals surface area contributed by atoms with Crippen LogP contribution < -0.4 is 5.32 Å². The second-order valence-corrected chi connectivity index (χ2v) is 10.0. The van der Waals surface area contributed by atoms with Crippen LogP contribution in [-0.2, 0) is 14.3 Å². The summed E-state index contributed by atoms with van der Waals surface area (Å²) in [6.45, 7) is 1.73. The van der Waals surface area contributed by atoms with Gasteiger partial charge >= 0.3 is 0 Å². The fourth-order valence-corrected chi connectivity index (χ4v) is 4.33. The monoisotopic (exact) mass is 537 g/mol. The summed E-state index contributed by atoms with van der Waals surface area (Å²) in [6, 6.07) is 0. The second-order valence-electron chi connectivity index (χ2n) is 10.0. The van der Waals surface area contributed by atoms with Gasteiger partial charge in [0.1, 0.15) is 30.5 Å². The lowest BCUT2D eigenvalue weighted by Gasteiger charge is -2.39. The Kier molecular flexibility index (Phi) is 18.5. The van der Waals surface area contributed by atoms with Crippen molar-refractivity contribution in [1.82, 2.24) is 5.32 Å². The number of ether oxygens (including phenoxy) is 2. The van der Waals surface area contributed by atoms with Gasteiger partial charge in [-0.3, -0.25) is 4.79 Å². The Balaban J connectivity index is 2.13. The molecule has 11 heteroatoms. The minimum absolute atomic E-state index is 0.209. The van der Waals surface area contributed by atoms with Gasteiger partial charge in [0.15, 0.2) is 12.4 Å². The highest BCUT2D eigenvalue weighted by Crippen LogP contribution is 2.22. The van der Waals surface area contributed by atoms with Crippen LogP contribution in [0.25, 0.3) is 0 Å². The third kappa shape index (κ3) is 13.1. The molecule has 0 aliphatic carbocycles. The van der Waals surface area contributed by atoms with Crippen molar-refractivity contribution < 1.29 is 50.0 Å². The number of carbonyl (C=O) groups is 1. The molecule has 0 aromatic rings. The largest absolute Gasteiger partial charge is 0.394 e. The molecular weight excluding hydrogens is 486 g/mol. The molecule has 1 saturated heterocycles. The van der Waals surface area contributed by atoms with Crippen molar-refractivity contribution >= 4 is 5.91 Å². The lowest BCUT2D eigenvalue weighted by atomic mass is 9.99. The van der Waals surface area contributed by atoms with E-state index in [4.69, 9.17) is 9.47 Å². The Morgan fingerprint density at radius 3 is 1.92 bits per heavy atom. The van der Waals surface area contributed by atoms with Crippen LogP contribution in [0.2, 0.25) is 0 Å². The summed E-state index contributed by atoms with van der Waals surface area (Å²) < 4.78 is 10.4. The van der Waals surface area contributed by atoms with E-state index in [2.05, 4.69) is 12.2 Å². The molecule has 1 heterocycles. The van der Waals surface area contributed by atoms with Crippen molar-refractivity contribution in [2.75, 3.05) is 19.8 Å². The van der Waals surface area contributed by atoms with E-state index >= 15 is 0 Å². The van der Waals surface area contributed by atoms with Crippen molar-refractivity contribution in [2.24, 2.45) is 0 Å². The smallest absolute Gasteiger partial charge is 0.251 e. The van der Waals surface area contributed by atoms with Gasteiger partial charge in [-0.2, -0.15) is 0 Å². The zero-order valence-corrected chi connectivity index (χ0v) is 22.3. The van der Waals surface area contributed by atoms with Crippen molar-refractivity contribution in [1.29, 1.82) is 0 Å². The molecule has 8 unspecified atom stereocenters. The summed E-state index contributed by atoms with van der Waals surface area (Å²) in [7, 11) is 0. The van der Waals surface area contributed by atoms with E-state index in [0.29, 0.717) is 6.54 Å². The van der Waals surface area contributed by atoms with E-state index in [1.165, 1.54) is 57.8 Å². The van der Waals surface area contributed by atoms with E-state index in [9.17, 15) is 40.5 Å². The van der Waals surface area contributed by atoms with E-state index in [-0.39, 0.29) is 13.0 Å². The van der Waals surface area contributed by atoms with Crippen LogP contribution in [-0.4, -0.2) is 110 Å². The summed E-state index contributed by atoms with van der Waals surface area (Å²) in [5.74, 6) is -0.774. The van der Waals surface area contributed by atoms with Crippen molar-refractivity contribution in [3.05, 3.63) is 0 Å². The first kappa shape index (κ1) is 34.1. The van der Waals surface area contributed by atoms with E-state index in [1.807, 2.05) is 0 Å². The third-order valence-corrected chi connectivity index (χ3v) is 6.86. The minimum Gasteiger partial charge on any atom is -0.394 e. The molecule has 0 radical (unpaired) electrons. The number of aliphatic hydroxyl groups is 7. The first-order chi connectivity index (χ1) is 17.7. The van der Waals surface area contributed by atoms with Gasteiger partial charge in [-0.05, 0) is 12.8 Å². The van der Waals surface area contributed by atoms with Crippen molar-refractivity contribution in [2.45, 2.75) is 139 Å². The lowest BCUT2D eigenvalue weighted by Crippen LogP contribution is -2.59. The number of aliphatic hydroxyl groups excluding tert-OH is 7. The van der Waals surface area contributed by atoms with Crippen LogP contribution in [0.1, 0.15) is 90.4 Å². The molecule has 0 spiro atoms. The van der Waals surface area contributed by atoms with Crippen LogP contribution in [0.3, 0.4) is 0 Å². The number of rotatable bonds is 21. The van der Waals surface area contributed by atoms with Gasteiger partial charge in [-0.25, -0.2) is 0 Å². The summed E-state index contributed by atoms with van der Waals surface area (Å²) >= 11 is 0. The number of unbranched alkanes of at least 4 members (excludes halogenated alkanes) is 11. The predicted octanol–water partition coefficient (Wildman–Crippen LogP) is 0.0930. The van der Waals surface area contributed by atoms with Crippen LogP contribution in [0, 0.1) is 0 Å². The molecular formula is C26H51NO10. The molecule has 0 aromatic carbocycles. The highest BCUT2D eigenvalue weighted by atomic mass is 16.7. The third-order valence-electron chi connectivity index (χ3n) is 6.86. The van der Waals surface area contributed by atoms with Gasteiger partial charge in [0.25, 0.3) is 5.91 Å². The molecule has 11 nitrogen and oxygen atoms in total. The van der Waals surface area contributed by atoms with Gasteiger partial charge in [0.2, 0.25) is 0 Å². The summed E-state index contributed by atoms with van der Waals surface area (Å²) in [5, 5.41) is 71.5. The molecule has 0 saturated carbocycles. The highest BCUT2D eigenvalue weighted by Gasteiger charge is 2.44. The number of amides is 1. The number of nitrogens with one attached hydrogen (secondary N) is 1. The summed E-state index contributed by atoms with van der Waals surface area (Å²) in [5.41, 5.74) is 0. The molecule has 8 atom stereocenters. The zero-order valence-electron chi connectivity index (χ0n) is 22.3. The molecule has 1 aliphatic heterocycles. The van der Waals surface area contributed by atoms with E-state index < -0.39 is 61.5 Å². The van der Waals surface area contributed by atoms with Crippen LogP contribution in [0.4, 0.5) is 0 Å². The summed E-state index contributed by atoms with van der Waals surface area (Å²) in [4.78, 5) is 12.1. The first-order valence-corrected chi connectivity index (χ1v) is 14.0. The van der Waals surface area contributed by atoms with Crippen molar-refractivity contribution in [3.63, 3.8) is 0 Å². The Labute approximate surface area is 220 Å². The average Bonchev–Trinajstić information content (AvgIpc) is 2.90. The molecule has 8 N–H and O–H groups in total. The molecule has 0 bridgehead atoms. The Bertz CT molecular complexity index is 582. The Hall–Kier alpha value is -0.890. The van der Waals surface area contributed by atoms with Gasteiger partial charge < -0.3 is 50.5 Å². The number of hydrogen-bond acceptors (Lipinski definition) is 10. The van der Waals surface area contributed by atoms with Crippen LogP contribution in [0.5, 0.6) is 0 Å². The van der Waals surface area contributed by atoms with Gasteiger partial charge in [0.05, 0.1) is 19.3 Å². The van der Waals surface area contributed by atoms with Crippen LogP contribution in [0.15, 0.2) is 0 Å². The molecule has 37 heavy (non-hydrogen) atoms. The van der Waals surface area contributed by atoms with Gasteiger partial charge in [0, 0.05) is 6.54 Å². The zero-order chi connectivity index (χ0) is 27.6. The lowest BCUT2D eigenvalue weighted by molar-refractivity contribution is -0.302. The SMILES string of the molecule is CCCCCCCCCCCCCCNC(=O)C(O)C(O)C(O)CCOC1OC(CO)C(O)C(O)C1O. The van der Waals surface area contributed by atoms with Gasteiger partial charge in [-0.15, -0.1) is 0 Å². The minimum atomic E-state index is -1.82. The fraction of sp³-hybridized carbons (Fsp3) is 0.962. The molecule has 0 aromatic heterocycles. The second kappa shape index (κ2) is 20.1. The molecule has 1 aliphatic rings.